The molecule has 0 amide bonds. The fourth-order valence-electron chi connectivity index (χ4n) is 2.09. The number of aliphatic imine (C=N–C) groups is 2. The topological polar surface area (TPSA) is 58.9 Å². The molecule has 0 N–H and O–H groups in total. The predicted molar refractivity (Wildman–Crippen MR) is 70.1 cm³/mol. The van der Waals surface area contributed by atoms with E-state index in [1.807, 2.05) is 26.8 Å². The van der Waals surface area contributed by atoms with Crippen LogP contribution in [0.15, 0.2) is 16.1 Å². The van der Waals surface area contributed by atoms with E-state index in [0.717, 1.165) is 29.5 Å². The third kappa shape index (κ3) is 2.62. The summed E-state index contributed by atoms with van der Waals surface area (Å²) in [5, 5.41) is 0. The zero-order chi connectivity index (χ0) is 13.5. The van der Waals surface area contributed by atoms with Crippen LogP contribution in [0.1, 0.15) is 37.5 Å². The van der Waals surface area contributed by atoms with Gasteiger partial charge in [-0.1, -0.05) is 26.8 Å². The number of carbonyl (C=O) groups excluding carboxylic acids is 2. The van der Waals surface area contributed by atoms with Crippen LogP contribution in [-0.4, -0.2) is 12.2 Å². The Balaban J connectivity index is 3.73. The monoisotopic (exact) mass is 244 g/mol. The van der Waals surface area contributed by atoms with Gasteiger partial charge in [0.15, 0.2) is 0 Å². The Labute approximate surface area is 106 Å². The third-order valence-electron chi connectivity index (χ3n) is 2.96. The van der Waals surface area contributed by atoms with Gasteiger partial charge in [-0.2, -0.15) is 9.98 Å². The van der Waals surface area contributed by atoms with Crippen molar-refractivity contribution in [3.8, 4) is 0 Å². The zero-order valence-electron chi connectivity index (χ0n) is 10.9. The minimum atomic E-state index is 0.598. The molecule has 4 heteroatoms. The third-order valence-corrected chi connectivity index (χ3v) is 2.96. The van der Waals surface area contributed by atoms with Crippen molar-refractivity contribution < 1.29 is 9.59 Å². The highest BCUT2D eigenvalue weighted by Crippen LogP contribution is 2.36. The summed E-state index contributed by atoms with van der Waals surface area (Å²) < 4.78 is 0. The largest absolute Gasteiger partial charge is 0.240 e. The second-order valence-electron chi connectivity index (χ2n) is 3.84. The lowest BCUT2D eigenvalue weighted by Gasteiger charge is -2.14. The fourth-order valence-corrected chi connectivity index (χ4v) is 2.09. The molecule has 0 saturated heterocycles. The Bertz CT molecular complexity index is 493. The predicted octanol–water partition coefficient (Wildman–Crippen LogP) is 3.31. The summed E-state index contributed by atoms with van der Waals surface area (Å²) in [6, 6.07) is 1.95. The summed E-state index contributed by atoms with van der Waals surface area (Å²) in [4.78, 5) is 28.6. The second-order valence-corrected chi connectivity index (χ2v) is 3.84. The molecule has 0 aliphatic heterocycles. The van der Waals surface area contributed by atoms with Crippen molar-refractivity contribution >= 4 is 23.5 Å². The Kier molecular flexibility index (Phi) is 5.19. The quantitative estimate of drug-likeness (QED) is 0.589. The zero-order valence-corrected chi connectivity index (χ0v) is 10.9. The summed E-state index contributed by atoms with van der Waals surface area (Å²) >= 11 is 0. The van der Waals surface area contributed by atoms with E-state index in [1.54, 1.807) is 12.2 Å². The molecule has 94 valence electrons. The molecular formula is C14H16N2O2. The molecular weight excluding hydrogens is 228 g/mol. The lowest BCUT2D eigenvalue weighted by atomic mass is 9.95. The lowest BCUT2D eigenvalue weighted by molar-refractivity contribution is 0.564. The first-order valence-corrected chi connectivity index (χ1v) is 6.06. The van der Waals surface area contributed by atoms with Gasteiger partial charge in [-0.15, -0.1) is 0 Å². The SMILES string of the molecule is CCc1cc(CC)c(N=C=O)c(CC)c1N=C=O. The minimum absolute atomic E-state index is 0.598. The van der Waals surface area contributed by atoms with Crippen LogP contribution in [0.5, 0.6) is 0 Å². The van der Waals surface area contributed by atoms with Gasteiger partial charge >= 0.3 is 0 Å². The Hall–Kier alpha value is -2.02. The molecule has 0 spiro atoms. The van der Waals surface area contributed by atoms with E-state index in [0.29, 0.717) is 17.8 Å². The molecule has 0 aliphatic carbocycles. The van der Waals surface area contributed by atoms with Crippen LogP contribution in [0.4, 0.5) is 11.4 Å². The van der Waals surface area contributed by atoms with Gasteiger partial charge in [-0.3, -0.25) is 0 Å². The van der Waals surface area contributed by atoms with Gasteiger partial charge < -0.3 is 0 Å². The molecule has 0 atom stereocenters. The average molecular weight is 244 g/mol. The highest BCUT2D eigenvalue weighted by Gasteiger charge is 2.15. The Morgan fingerprint density at radius 2 is 1.33 bits per heavy atom. The first-order valence-electron chi connectivity index (χ1n) is 6.06. The number of aryl methyl sites for hydroxylation is 2. The first kappa shape index (κ1) is 14.0. The standard InChI is InChI=1S/C14H16N2O2/c1-4-10-7-11(5-2)14(16-9-18)12(6-3)13(10)15-8-17/h7H,4-6H2,1-3H3. The maximum Gasteiger partial charge on any atom is 0.240 e. The Morgan fingerprint density at radius 3 is 1.61 bits per heavy atom. The highest BCUT2D eigenvalue weighted by molar-refractivity contribution is 5.72. The molecule has 0 radical (unpaired) electrons. The Morgan fingerprint density at radius 1 is 0.889 bits per heavy atom. The van der Waals surface area contributed by atoms with Crippen LogP contribution >= 0.6 is 0 Å². The van der Waals surface area contributed by atoms with Gasteiger partial charge in [0.05, 0.1) is 11.4 Å². The summed E-state index contributed by atoms with van der Waals surface area (Å²) in [5.41, 5.74) is 3.98. The highest BCUT2D eigenvalue weighted by atomic mass is 16.1. The number of nitrogens with zero attached hydrogens (tertiary/aromatic N) is 2. The second kappa shape index (κ2) is 6.65. The fraction of sp³-hybridized carbons (Fsp3) is 0.429. The number of hydrogen-bond donors (Lipinski definition) is 0. The summed E-state index contributed by atoms with van der Waals surface area (Å²) in [6.45, 7) is 5.95. The number of rotatable bonds is 5. The maximum absolute atomic E-state index is 10.5. The van der Waals surface area contributed by atoms with E-state index in [9.17, 15) is 9.59 Å². The van der Waals surface area contributed by atoms with Crippen molar-refractivity contribution in [1.29, 1.82) is 0 Å². The van der Waals surface area contributed by atoms with Crippen LogP contribution in [0.25, 0.3) is 0 Å². The van der Waals surface area contributed by atoms with Gasteiger partial charge in [0.1, 0.15) is 0 Å². The van der Waals surface area contributed by atoms with Gasteiger partial charge in [0.25, 0.3) is 0 Å². The van der Waals surface area contributed by atoms with E-state index in [-0.39, 0.29) is 0 Å². The molecule has 0 saturated carbocycles. The van der Waals surface area contributed by atoms with Crippen molar-refractivity contribution in [2.24, 2.45) is 9.98 Å². The van der Waals surface area contributed by atoms with Crippen molar-refractivity contribution in [1.82, 2.24) is 0 Å². The van der Waals surface area contributed by atoms with Crippen LogP contribution in [0, 0.1) is 0 Å². The van der Waals surface area contributed by atoms with Crippen molar-refractivity contribution in [3.63, 3.8) is 0 Å². The normalized spacial score (nSPS) is 9.50. The molecule has 0 aliphatic rings. The van der Waals surface area contributed by atoms with Crippen LogP contribution in [0.3, 0.4) is 0 Å². The molecule has 0 bridgehead atoms. The van der Waals surface area contributed by atoms with E-state index >= 15 is 0 Å². The summed E-state index contributed by atoms with van der Waals surface area (Å²) in [5.74, 6) is 0. The van der Waals surface area contributed by atoms with Gasteiger partial charge in [0.2, 0.25) is 12.2 Å². The van der Waals surface area contributed by atoms with E-state index in [1.165, 1.54) is 0 Å². The summed E-state index contributed by atoms with van der Waals surface area (Å²) in [7, 11) is 0. The number of isocyanates is 2. The van der Waals surface area contributed by atoms with Crippen molar-refractivity contribution in [3.05, 3.63) is 22.8 Å². The van der Waals surface area contributed by atoms with Gasteiger partial charge in [-0.25, -0.2) is 9.59 Å². The van der Waals surface area contributed by atoms with E-state index < -0.39 is 0 Å². The average Bonchev–Trinajstić information content (AvgIpc) is 2.40. The van der Waals surface area contributed by atoms with E-state index in [2.05, 4.69) is 9.98 Å². The minimum Gasteiger partial charge on any atom is -0.211 e. The van der Waals surface area contributed by atoms with Gasteiger partial charge in [0, 0.05) is 5.56 Å². The molecule has 0 fully saturated rings. The molecule has 18 heavy (non-hydrogen) atoms. The van der Waals surface area contributed by atoms with Crippen LogP contribution in [0.2, 0.25) is 0 Å². The molecule has 1 aromatic carbocycles. The van der Waals surface area contributed by atoms with Crippen LogP contribution in [-0.2, 0) is 28.9 Å². The first-order chi connectivity index (χ1) is 8.73. The van der Waals surface area contributed by atoms with Gasteiger partial charge in [-0.05, 0) is 30.4 Å². The number of benzene rings is 1. The molecule has 0 heterocycles. The van der Waals surface area contributed by atoms with Crippen molar-refractivity contribution in [2.45, 2.75) is 40.0 Å². The molecule has 0 unspecified atom stereocenters. The van der Waals surface area contributed by atoms with E-state index in [4.69, 9.17) is 0 Å². The lowest BCUT2D eigenvalue weighted by Crippen LogP contribution is -1.95. The maximum atomic E-state index is 10.5. The molecule has 1 aromatic rings. The molecule has 0 aromatic heterocycles. The molecule has 4 nitrogen and oxygen atoms in total. The summed E-state index contributed by atoms with van der Waals surface area (Å²) in [6.07, 6.45) is 5.34. The smallest absolute Gasteiger partial charge is 0.211 e. The number of hydrogen-bond acceptors (Lipinski definition) is 4. The van der Waals surface area contributed by atoms with Crippen molar-refractivity contribution in [2.75, 3.05) is 0 Å². The molecule has 1 rings (SSSR count). The van der Waals surface area contributed by atoms with Crippen LogP contribution < -0.4 is 0 Å².